The summed E-state index contributed by atoms with van der Waals surface area (Å²) in [5.74, 6) is -0.0422. The minimum atomic E-state index is -0.429. The number of pyridine rings is 1. The Morgan fingerprint density at radius 2 is 1.82 bits per heavy atom. The number of β-amino-alcohol motifs (C(OH)–C–C–N with tert-alkyl or cyclic N) is 1. The number of fused-ring (bicyclic) bond motifs is 1. The number of hydrogen-bond donors (Lipinski definition) is 1. The molecule has 3 heterocycles. The fourth-order valence-corrected chi connectivity index (χ4v) is 4.70. The third-order valence-corrected chi connectivity index (χ3v) is 6.53. The Labute approximate surface area is 196 Å². The first kappa shape index (κ1) is 23.4. The van der Waals surface area contributed by atoms with E-state index in [1.54, 1.807) is 18.0 Å². The predicted octanol–water partition coefficient (Wildman–Crippen LogP) is 3.22. The third-order valence-electron chi connectivity index (χ3n) is 6.53. The zero-order chi connectivity index (χ0) is 23.2. The molecule has 33 heavy (non-hydrogen) atoms. The number of nitrogens with zero attached hydrogens (tertiary/aromatic N) is 4. The fourth-order valence-electron chi connectivity index (χ4n) is 4.70. The van der Waals surface area contributed by atoms with E-state index < -0.39 is 6.10 Å². The second kappa shape index (κ2) is 10.9. The first-order chi connectivity index (χ1) is 16.0. The molecule has 1 N–H and O–H groups in total. The Balaban J connectivity index is 1.66. The van der Waals surface area contributed by atoms with Crippen molar-refractivity contribution in [2.45, 2.75) is 58.2 Å². The summed E-state index contributed by atoms with van der Waals surface area (Å²) in [5.41, 5.74) is 3.63. The molecule has 176 valence electrons. The highest BCUT2D eigenvalue weighted by molar-refractivity contribution is 5.97. The molecule has 1 aromatic carbocycles. The van der Waals surface area contributed by atoms with Crippen LogP contribution in [0.2, 0.25) is 0 Å². The van der Waals surface area contributed by atoms with Crippen LogP contribution in [0.3, 0.4) is 0 Å². The molecule has 2 aliphatic heterocycles. The highest BCUT2D eigenvalue weighted by Crippen LogP contribution is 2.27. The van der Waals surface area contributed by atoms with Gasteiger partial charge in [0.05, 0.1) is 6.10 Å². The SMILES string of the molecule is CC(=O)N1CCCCCCCN(Cc2cccnc2)Cc2cc(C(=O)N3CC(O)C3)ccc21. The fraction of sp³-hybridized carbons (Fsp3) is 0.500. The number of likely N-dealkylation sites (tertiary alicyclic amines) is 1. The van der Waals surface area contributed by atoms with Crippen molar-refractivity contribution in [1.29, 1.82) is 0 Å². The van der Waals surface area contributed by atoms with Gasteiger partial charge in [-0.2, -0.15) is 0 Å². The molecule has 0 bridgehead atoms. The Bertz CT molecular complexity index is 959. The molecule has 0 spiro atoms. The van der Waals surface area contributed by atoms with Crippen molar-refractivity contribution >= 4 is 17.5 Å². The van der Waals surface area contributed by atoms with Gasteiger partial charge < -0.3 is 14.9 Å². The van der Waals surface area contributed by atoms with Gasteiger partial charge in [0.25, 0.3) is 5.91 Å². The molecule has 1 aromatic heterocycles. The summed E-state index contributed by atoms with van der Waals surface area (Å²) in [6.45, 7) is 5.43. The smallest absolute Gasteiger partial charge is 0.254 e. The summed E-state index contributed by atoms with van der Waals surface area (Å²) in [5, 5.41) is 9.60. The van der Waals surface area contributed by atoms with Gasteiger partial charge in [-0.1, -0.05) is 25.3 Å². The number of amides is 2. The molecule has 0 atom stereocenters. The molecule has 1 saturated heterocycles. The topological polar surface area (TPSA) is 77.0 Å². The number of carbonyl (C=O) groups excluding carboxylic acids is 2. The van der Waals surface area contributed by atoms with Crippen LogP contribution in [-0.4, -0.2) is 64.0 Å². The molecule has 2 aliphatic rings. The van der Waals surface area contributed by atoms with Crippen LogP contribution in [0.4, 0.5) is 5.69 Å². The monoisotopic (exact) mass is 450 g/mol. The average Bonchev–Trinajstić information content (AvgIpc) is 2.78. The minimum Gasteiger partial charge on any atom is -0.389 e. The van der Waals surface area contributed by atoms with E-state index >= 15 is 0 Å². The van der Waals surface area contributed by atoms with Crippen LogP contribution in [0.25, 0.3) is 0 Å². The molecule has 2 amide bonds. The molecule has 4 rings (SSSR count). The van der Waals surface area contributed by atoms with Gasteiger partial charge in [-0.15, -0.1) is 0 Å². The molecule has 0 saturated carbocycles. The van der Waals surface area contributed by atoms with E-state index in [9.17, 15) is 14.7 Å². The summed E-state index contributed by atoms with van der Waals surface area (Å²) in [6, 6.07) is 9.73. The highest BCUT2D eigenvalue weighted by atomic mass is 16.3. The number of anilines is 1. The lowest BCUT2D eigenvalue weighted by Crippen LogP contribution is -2.53. The number of hydrogen-bond acceptors (Lipinski definition) is 5. The Hall–Kier alpha value is -2.77. The number of benzene rings is 1. The zero-order valence-electron chi connectivity index (χ0n) is 19.4. The lowest BCUT2D eigenvalue weighted by atomic mass is 10.0. The standard InChI is InChI=1S/C26H34N4O3/c1-20(31)30-13-6-4-2-3-5-12-28(16-21-8-7-11-27-15-21)17-23-14-22(9-10-25(23)30)26(33)29-18-24(32)19-29/h7-11,14-15,24,32H,2-6,12-13,16-19H2,1H3. The number of aliphatic hydroxyl groups excluding tert-OH is 1. The third kappa shape index (κ3) is 5.97. The van der Waals surface area contributed by atoms with Crippen LogP contribution < -0.4 is 4.90 Å². The van der Waals surface area contributed by atoms with E-state index in [0.29, 0.717) is 31.7 Å². The number of rotatable bonds is 3. The van der Waals surface area contributed by atoms with Gasteiger partial charge in [-0.3, -0.25) is 19.5 Å². The van der Waals surface area contributed by atoms with Crippen LogP contribution in [-0.2, 0) is 17.9 Å². The van der Waals surface area contributed by atoms with Crippen LogP contribution in [0.15, 0.2) is 42.7 Å². The summed E-state index contributed by atoms with van der Waals surface area (Å²) >= 11 is 0. The van der Waals surface area contributed by atoms with Crippen molar-refractivity contribution in [1.82, 2.24) is 14.8 Å². The van der Waals surface area contributed by atoms with Crippen LogP contribution in [0, 0.1) is 0 Å². The van der Waals surface area contributed by atoms with E-state index in [2.05, 4.69) is 16.0 Å². The zero-order valence-corrected chi connectivity index (χ0v) is 19.4. The van der Waals surface area contributed by atoms with Crippen molar-refractivity contribution in [2.75, 3.05) is 31.1 Å². The van der Waals surface area contributed by atoms with E-state index in [1.165, 1.54) is 12.8 Å². The Morgan fingerprint density at radius 1 is 1.06 bits per heavy atom. The second-order valence-corrected chi connectivity index (χ2v) is 9.22. The minimum absolute atomic E-state index is 0.0251. The molecule has 0 aliphatic carbocycles. The van der Waals surface area contributed by atoms with Crippen LogP contribution >= 0.6 is 0 Å². The van der Waals surface area contributed by atoms with E-state index in [-0.39, 0.29) is 11.8 Å². The van der Waals surface area contributed by atoms with Crippen molar-refractivity contribution in [3.8, 4) is 0 Å². The maximum Gasteiger partial charge on any atom is 0.254 e. The first-order valence-corrected chi connectivity index (χ1v) is 12.0. The lowest BCUT2D eigenvalue weighted by molar-refractivity contribution is -0.116. The summed E-state index contributed by atoms with van der Waals surface area (Å²) in [4.78, 5) is 35.7. The van der Waals surface area contributed by atoms with Gasteiger partial charge in [0.15, 0.2) is 0 Å². The van der Waals surface area contributed by atoms with Gasteiger partial charge in [0, 0.05) is 63.3 Å². The van der Waals surface area contributed by atoms with Gasteiger partial charge in [-0.25, -0.2) is 0 Å². The van der Waals surface area contributed by atoms with Crippen LogP contribution in [0.1, 0.15) is 60.5 Å². The summed E-state index contributed by atoms with van der Waals surface area (Å²) in [7, 11) is 0. The van der Waals surface area contributed by atoms with Gasteiger partial charge in [-0.05, 0) is 54.8 Å². The predicted molar refractivity (Wildman–Crippen MR) is 128 cm³/mol. The van der Waals surface area contributed by atoms with Gasteiger partial charge in [0.2, 0.25) is 5.91 Å². The van der Waals surface area contributed by atoms with Crippen molar-refractivity contribution in [2.24, 2.45) is 0 Å². The summed E-state index contributed by atoms with van der Waals surface area (Å²) < 4.78 is 0. The van der Waals surface area contributed by atoms with Gasteiger partial charge in [0.1, 0.15) is 0 Å². The van der Waals surface area contributed by atoms with Crippen molar-refractivity contribution < 1.29 is 14.7 Å². The second-order valence-electron chi connectivity index (χ2n) is 9.22. The molecule has 2 aromatic rings. The molecule has 0 unspecified atom stereocenters. The van der Waals surface area contributed by atoms with Crippen molar-refractivity contribution in [3.63, 3.8) is 0 Å². The number of aliphatic hydroxyl groups is 1. The van der Waals surface area contributed by atoms with E-state index in [1.807, 2.05) is 35.4 Å². The maximum atomic E-state index is 12.9. The molecule has 7 nitrogen and oxygen atoms in total. The summed E-state index contributed by atoms with van der Waals surface area (Å²) in [6.07, 6.45) is 8.80. The quantitative estimate of drug-likeness (QED) is 0.777. The maximum absolute atomic E-state index is 12.9. The Morgan fingerprint density at radius 3 is 2.52 bits per heavy atom. The first-order valence-electron chi connectivity index (χ1n) is 12.0. The van der Waals surface area contributed by atoms with E-state index in [4.69, 9.17) is 0 Å². The lowest BCUT2D eigenvalue weighted by Gasteiger charge is -2.36. The van der Waals surface area contributed by atoms with E-state index in [0.717, 1.165) is 49.2 Å². The molecular weight excluding hydrogens is 416 g/mol. The van der Waals surface area contributed by atoms with Gasteiger partial charge >= 0.3 is 0 Å². The molecule has 7 heteroatoms. The number of carbonyl (C=O) groups is 2. The largest absolute Gasteiger partial charge is 0.389 e. The average molecular weight is 451 g/mol. The van der Waals surface area contributed by atoms with Crippen molar-refractivity contribution in [3.05, 3.63) is 59.4 Å². The molecule has 0 radical (unpaired) electrons. The molecular formula is C26H34N4O3. The molecule has 1 fully saturated rings. The number of aromatic nitrogens is 1. The Kier molecular flexibility index (Phi) is 7.73. The van der Waals surface area contributed by atoms with Crippen LogP contribution in [0.5, 0.6) is 0 Å². The highest BCUT2D eigenvalue weighted by Gasteiger charge is 2.30. The normalized spacial score (nSPS) is 18.6.